The zero-order valence-electron chi connectivity index (χ0n) is 10.3. The Morgan fingerprint density at radius 1 is 1.65 bits per heavy atom. The van der Waals surface area contributed by atoms with Crippen molar-refractivity contribution in [3.8, 4) is 0 Å². The number of oxazole rings is 1. The molecular weight excluding hydrogens is 240 g/mol. The molecule has 96 valence electrons. The lowest BCUT2D eigenvalue weighted by Gasteiger charge is -2.13. The molecule has 1 aromatic rings. The van der Waals surface area contributed by atoms with Crippen LogP contribution in [-0.4, -0.2) is 27.9 Å². The van der Waals surface area contributed by atoms with Gasteiger partial charge in [0.2, 0.25) is 5.89 Å². The summed E-state index contributed by atoms with van der Waals surface area (Å²) in [5.41, 5.74) is 5.32. The number of carboxylic acid groups (broad SMARTS) is 1. The predicted octanol–water partition coefficient (Wildman–Crippen LogP) is 1.62. The number of carbonyl (C=O) groups is 1. The van der Waals surface area contributed by atoms with E-state index in [1.807, 2.05) is 20.8 Å². The minimum absolute atomic E-state index is 0.0621. The Kier molecular flexibility index (Phi) is 4.59. The second kappa shape index (κ2) is 5.55. The Morgan fingerprint density at radius 2 is 2.29 bits per heavy atom. The van der Waals surface area contributed by atoms with Gasteiger partial charge in [0.25, 0.3) is 0 Å². The molecule has 0 saturated carbocycles. The Hall–Kier alpha value is -1.01. The zero-order valence-corrected chi connectivity index (χ0v) is 11.1. The molecule has 1 atom stereocenters. The first-order chi connectivity index (χ1) is 7.80. The lowest BCUT2D eigenvalue weighted by molar-refractivity contribution is -0.137. The molecule has 0 spiro atoms. The van der Waals surface area contributed by atoms with Gasteiger partial charge in [-0.25, -0.2) is 4.98 Å². The minimum atomic E-state index is -0.986. The van der Waals surface area contributed by atoms with Crippen LogP contribution in [0, 0.1) is 0 Å². The van der Waals surface area contributed by atoms with Crippen molar-refractivity contribution in [2.75, 3.05) is 5.75 Å². The van der Waals surface area contributed by atoms with Gasteiger partial charge in [0.1, 0.15) is 11.8 Å². The van der Waals surface area contributed by atoms with Gasteiger partial charge in [0, 0.05) is 11.2 Å². The monoisotopic (exact) mass is 258 g/mol. The summed E-state index contributed by atoms with van der Waals surface area (Å²) < 4.78 is 5.57. The Bertz CT molecular complexity index is 384. The van der Waals surface area contributed by atoms with Crippen molar-refractivity contribution in [2.24, 2.45) is 5.73 Å². The lowest BCUT2D eigenvalue weighted by Crippen LogP contribution is -2.32. The quantitative estimate of drug-likeness (QED) is 0.834. The van der Waals surface area contributed by atoms with Crippen LogP contribution < -0.4 is 5.73 Å². The fourth-order valence-corrected chi connectivity index (χ4v) is 1.89. The number of nitrogens with two attached hydrogens (primary N) is 1. The largest absolute Gasteiger partial charge is 0.480 e. The molecule has 3 N–H and O–H groups in total. The highest BCUT2D eigenvalue weighted by atomic mass is 32.2. The van der Waals surface area contributed by atoms with Gasteiger partial charge in [0.05, 0.1) is 11.9 Å². The number of aromatic nitrogens is 1. The molecule has 0 amide bonds. The molecule has 1 aromatic heterocycles. The summed E-state index contributed by atoms with van der Waals surface area (Å²) in [6.45, 7) is 6.14. The summed E-state index contributed by atoms with van der Waals surface area (Å²) in [6, 6.07) is -0.836. The second-order valence-electron chi connectivity index (χ2n) is 4.83. The van der Waals surface area contributed by atoms with Crippen molar-refractivity contribution in [2.45, 2.75) is 38.0 Å². The van der Waals surface area contributed by atoms with Gasteiger partial charge in [-0.15, -0.1) is 11.8 Å². The van der Waals surface area contributed by atoms with Crippen molar-refractivity contribution < 1.29 is 14.3 Å². The molecule has 0 aromatic carbocycles. The highest BCUT2D eigenvalue weighted by Crippen LogP contribution is 2.24. The van der Waals surface area contributed by atoms with Crippen LogP contribution in [0.25, 0.3) is 0 Å². The zero-order chi connectivity index (χ0) is 13.1. The third-order valence-electron chi connectivity index (χ3n) is 2.13. The summed E-state index contributed by atoms with van der Waals surface area (Å²) >= 11 is 1.40. The minimum Gasteiger partial charge on any atom is -0.480 e. The molecule has 0 fully saturated rings. The van der Waals surface area contributed by atoms with Gasteiger partial charge in [0.15, 0.2) is 0 Å². The van der Waals surface area contributed by atoms with E-state index in [4.69, 9.17) is 15.3 Å². The van der Waals surface area contributed by atoms with E-state index in [1.54, 1.807) is 6.20 Å². The van der Waals surface area contributed by atoms with Gasteiger partial charge in [-0.2, -0.15) is 0 Å². The summed E-state index contributed by atoms with van der Waals surface area (Å²) in [5, 5.41) is 8.61. The van der Waals surface area contributed by atoms with Gasteiger partial charge in [-0.3, -0.25) is 4.79 Å². The SMILES string of the molecule is CC(C)(C)c1cnc(CSC[C@H](N)C(=O)O)o1. The van der Waals surface area contributed by atoms with E-state index in [0.717, 1.165) is 5.76 Å². The van der Waals surface area contributed by atoms with E-state index in [-0.39, 0.29) is 5.41 Å². The summed E-state index contributed by atoms with van der Waals surface area (Å²) in [6.07, 6.45) is 1.72. The maximum Gasteiger partial charge on any atom is 0.321 e. The highest BCUT2D eigenvalue weighted by Gasteiger charge is 2.19. The number of hydrogen-bond acceptors (Lipinski definition) is 5. The molecule has 0 unspecified atom stereocenters. The molecule has 1 heterocycles. The van der Waals surface area contributed by atoms with Crippen LogP contribution in [-0.2, 0) is 16.0 Å². The second-order valence-corrected chi connectivity index (χ2v) is 5.86. The molecule has 0 aliphatic carbocycles. The van der Waals surface area contributed by atoms with E-state index in [9.17, 15) is 4.79 Å². The smallest absolute Gasteiger partial charge is 0.321 e. The summed E-state index contributed by atoms with van der Waals surface area (Å²) in [5.74, 6) is 1.34. The van der Waals surface area contributed by atoms with Crippen molar-refractivity contribution in [3.05, 3.63) is 17.8 Å². The first-order valence-corrected chi connectivity index (χ1v) is 6.47. The maximum atomic E-state index is 10.5. The standard InChI is InChI=1S/C11H18N2O3S/c1-11(2,3)8-4-13-9(16-8)6-17-5-7(12)10(14)15/h4,7H,5-6,12H2,1-3H3,(H,14,15)/t7-/m0/s1. The molecule has 0 saturated heterocycles. The van der Waals surface area contributed by atoms with E-state index in [0.29, 0.717) is 17.4 Å². The van der Waals surface area contributed by atoms with E-state index >= 15 is 0 Å². The Balaban J connectivity index is 2.43. The van der Waals surface area contributed by atoms with Crippen LogP contribution in [0.2, 0.25) is 0 Å². The molecule has 0 aliphatic heterocycles. The average molecular weight is 258 g/mol. The first-order valence-electron chi connectivity index (χ1n) is 5.32. The average Bonchev–Trinajstić information content (AvgIpc) is 2.65. The van der Waals surface area contributed by atoms with Crippen LogP contribution in [0.15, 0.2) is 10.6 Å². The van der Waals surface area contributed by atoms with E-state index < -0.39 is 12.0 Å². The number of rotatable bonds is 5. The van der Waals surface area contributed by atoms with Crippen LogP contribution in [0.5, 0.6) is 0 Å². The molecule has 0 radical (unpaired) electrons. The highest BCUT2D eigenvalue weighted by molar-refractivity contribution is 7.98. The number of carboxylic acids is 1. The molecule has 5 nitrogen and oxygen atoms in total. The molecule has 17 heavy (non-hydrogen) atoms. The Labute approximate surface area is 105 Å². The number of hydrogen-bond donors (Lipinski definition) is 2. The number of thioether (sulfide) groups is 1. The maximum absolute atomic E-state index is 10.5. The predicted molar refractivity (Wildman–Crippen MR) is 67.0 cm³/mol. The van der Waals surface area contributed by atoms with Gasteiger partial charge in [-0.1, -0.05) is 20.8 Å². The topological polar surface area (TPSA) is 89.3 Å². The molecule has 0 aliphatic rings. The van der Waals surface area contributed by atoms with Crippen molar-refractivity contribution in [3.63, 3.8) is 0 Å². The molecule has 6 heteroatoms. The van der Waals surface area contributed by atoms with Crippen LogP contribution in [0.1, 0.15) is 32.4 Å². The normalized spacial score (nSPS) is 13.6. The lowest BCUT2D eigenvalue weighted by atomic mass is 9.94. The summed E-state index contributed by atoms with van der Waals surface area (Å²) in [7, 11) is 0. The third kappa shape index (κ3) is 4.40. The summed E-state index contributed by atoms with van der Waals surface area (Å²) in [4.78, 5) is 14.6. The van der Waals surface area contributed by atoms with Crippen LogP contribution >= 0.6 is 11.8 Å². The van der Waals surface area contributed by atoms with Crippen molar-refractivity contribution in [1.29, 1.82) is 0 Å². The molecular formula is C11H18N2O3S. The van der Waals surface area contributed by atoms with Crippen molar-refractivity contribution in [1.82, 2.24) is 4.98 Å². The first kappa shape index (κ1) is 14.1. The van der Waals surface area contributed by atoms with Crippen LogP contribution in [0.4, 0.5) is 0 Å². The molecule has 1 rings (SSSR count). The van der Waals surface area contributed by atoms with Crippen molar-refractivity contribution >= 4 is 17.7 Å². The van der Waals surface area contributed by atoms with E-state index in [1.165, 1.54) is 11.8 Å². The van der Waals surface area contributed by atoms with Gasteiger partial charge in [-0.05, 0) is 0 Å². The Morgan fingerprint density at radius 3 is 2.76 bits per heavy atom. The third-order valence-corrected chi connectivity index (χ3v) is 3.18. The molecule has 0 bridgehead atoms. The number of nitrogens with zero attached hydrogens (tertiary/aromatic N) is 1. The number of aliphatic carboxylic acids is 1. The van der Waals surface area contributed by atoms with Gasteiger partial charge < -0.3 is 15.3 Å². The van der Waals surface area contributed by atoms with E-state index in [2.05, 4.69) is 4.98 Å². The fourth-order valence-electron chi connectivity index (χ4n) is 1.07. The van der Waals surface area contributed by atoms with Gasteiger partial charge >= 0.3 is 5.97 Å². The van der Waals surface area contributed by atoms with Crippen LogP contribution in [0.3, 0.4) is 0 Å². The fraction of sp³-hybridized carbons (Fsp3) is 0.636.